The Bertz CT molecular complexity index is 1710. The normalized spacial score (nSPS) is 17.8. The Kier molecular flexibility index (Phi) is 9.58. The summed E-state index contributed by atoms with van der Waals surface area (Å²) in [6.07, 6.45) is 1.20. The van der Waals surface area contributed by atoms with Crippen LogP contribution in [0.4, 0.5) is 29.6 Å². The molecular weight excluding hydrogens is 651 g/mol. The highest BCUT2D eigenvalue weighted by atomic mass is 32.2. The molecule has 2 aromatic heterocycles. The van der Waals surface area contributed by atoms with Crippen LogP contribution in [-0.2, 0) is 27.5 Å². The third-order valence-corrected chi connectivity index (χ3v) is 10.5. The van der Waals surface area contributed by atoms with Crippen LogP contribution in [0, 0.1) is 5.41 Å². The van der Waals surface area contributed by atoms with Gasteiger partial charge in [0.15, 0.2) is 0 Å². The Labute approximate surface area is 278 Å². The van der Waals surface area contributed by atoms with Crippen molar-refractivity contribution in [2.75, 3.05) is 31.5 Å². The Balaban J connectivity index is 1.23. The molecule has 0 unspecified atom stereocenters. The number of amides is 1. The average Bonchev–Trinajstić information content (AvgIpc) is 3.43. The number of halogens is 3. The molecular formula is C32H42F3N7O5S. The minimum atomic E-state index is -4.73. The Hall–Kier alpha value is -3.76. The highest BCUT2D eigenvalue weighted by molar-refractivity contribution is 7.89. The summed E-state index contributed by atoms with van der Waals surface area (Å²) < 4.78 is 76.8. The molecule has 0 atom stereocenters. The van der Waals surface area contributed by atoms with E-state index in [1.54, 1.807) is 18.7 Å². The summed E-state index contributed by atoms with van der Waals surface area (Å²) in [6, 6.07) is 5.89. The minimum Gasteiger partial charge on any atom is -0.444 e. The van der Waals surface area contributed by atoms with E-state index in [1.165, 1.54) is 45.6 Å². The molecule has 3 aromatic rings. The zero-order valence-electron chi connectivity index (χ0n) is 27.7. The van der Waals surface area contributed by atoms with Crippen LogP contribution in [0.2, 0.25) is 0 Å². The number of carbonyl (C=O) groups is 1. The number of alkyl halides is 3. The number of sulfonamides is 1. The lowest BCUT2D eigenvalue weighted by Crippen LogP contribution is -2.50. The molecule has 2 N–H and O–H groups in total. The number of aromatic nitrogens is 4. The topological polar surface area (TPSA) is 143 Å². The van der Waals surface area contributed by atoms with Gasteiger partial charge in [-0.3, -0.25) is 4.68 Å². The van der Waals surface area contributed by atoms with Gasteiger partial charge in [0.2, 0.25) is 16.0 Å². The molecule has 0 aliphatic carbocycles. The third kappa shape index (κ3) is 8.44. The van der Waals surface area contributed by atoms with E-state index in [-0.39, 0.29) is 40.2 Å². The minimum absolute atomic E-state index is 0.0209. The smallest absolute Gasteiger partial charge is 0.419 e. The van der Waals surface area contributed by atoms with Gasteiger partial charge in [-0.2, -0.15) is 22.6 Å². The number of benzene rings is 1. The molecule has 1 spiro atoms. The zero-order chi connectivity index (χ0) is 35.1. The molecule has 2 fully saturated rings. The molecule has 48 heavy (non-hydrogen) atoms. The lowest BCUT2D eigenvalue weighted by atomic mass is 9.72. The summed E-state index contributed by atoms with van der Waals surface area (Å²) in [6.45, 7) is 10.6. The summed E-state index contributed by atoms with van der Waals surface area (Å²) in [5, 5.41) is 17.0. The van der Waals surface area contributed by atoms with E-state index in [9.17, 15) is 31.5 Å². The number of piperidine rings is 2. The summed E-state index contributed by atoms with van der Waals surface area (Å²) in [5.74, 6) is -0.122. The fraction of sp³-hybridized carbons (Fsp3) is 0.562. The largest absolute Gasteiger partial charge is 0.444 e. The molecule has 0 saturated carbocycles. The number of carbonyl (C=O) groups excluding carboxylic acids is 1. The SMILES string of the molecule is CC(C)(O)Cn1cc(-c2nc(Nc3ccc(S(=O)(=O)N4CCC5(CCN(C(=O)OC(C)(C)C)CC5)CC4)cc3)ncc2C(F)(F)F)cn1. The molecule has 1 aromatic carbocycles. The number of hydrogen-bond donors (Lipinski definition) is 2. The van der Waals surface area contributed by atoms with Crippen molar-refractivity contribution >= 4 is 27.8 Å². The van der Waals surface area contributed by atoms with Crippen molar-refractivity contribution in [3.63, 3.8) is 0 Å². The fourth-order valence-corrected chi connectivity index (χ4v) is 7.46. The molecule has 0 bridgehead atoms. The molecule has 16 heteroatoms. The van der Waals surface area contributed by atoms with Gasteiger partial charge in [0, 0.05) is 49.8 Å². The second-order valence-corrected chi connectivity index (χ2v) is 16.2. The summed E-state index contributed by atoms with van der Waals surface area (Å²) >= 11 is 0. The molecule has 5 rings (SSSR count). The molecule has 1 amide bonds. The number of likely N-dealkylation sites (tertiary alicyclic amines) is 1. The van der Waals surface area contributed by atoms with E-state index in [4.69, 9.17) is 4.74 Å². The van der Waals surface area contributed by atoms with Crippen LogP contribution in [-0.4, -0.2) is 86.0 Å². The molecule has 2 aliphatic rings. The van der Waals surface area contributed by atoms with Gasteiger partial charge >= 0.3 is 12.3 Å². The number of aliphatic hydroxyl groups is 1. The molecule has 2 saturated heterocycles. The molecule has 2 aliphatic heterocycles. The van der Waals surface area contributed by atoms with Crippen molar-refractivity contribution in [3.05, 3.63) is 48.4 Å². The summed E-state index contributed by atoms with van der Waals surface area (Å²) in [4.78, 5) is 22.2. The Morgan fingerprint density at radius 1 is 0.979 bits per heavy atom. The van der Waals surface area contributed by atoms with Crippen molar-refractivity contribution < 1.29 is 36.2 Å². The highest BCUT2D eigenvalue weighted by Crippen LogP contribution is 2.43. The van der Waals surface area contributed by atoms with Crippen LogP contribution < -0.4 is 5.32 Å². The van der Waals surface area contributed by atoms with Crippen LogP contribution in [0.3, 0.4) is 0 Å². The lowest BCUT2D eigenvalue weighted by molar-refractivity contribution is -0.137. The maximum atomic E-state index is 13.8. The highest BCUT2D eigenvalue weighted by Gasteiger charge is 2.42. The van der Waals surface area contributed by atoms with Gasteiger partial charge in [-0.15, -0.1) is 0 Å². The van der Waals surface area contributed by atoms with Gasteiger partial charge in [-0.1, -0.05) is 0 Å². The van der Waals surface area contributed by atoms with Crippen molar-refractivity contribution in [2.24, 2.45) is 5.41 Å². The van der Waals surface area contributed by atoms with Crippen LogP contribution in [0.25, 0.3) is 11.3 Å². The number of hydrogen-bond acceptors (Lipinski definition) is 9. The van der Waals surface area contributed by atoms with E-state index < -0.39 is 33.0 Å². The van der Waals surface area contributed by atoms with Gasteiger partial charge in [-0.05, 0) is 90.0 Å². The molecule has 262 valence electrons. The third-order valence-electron chi connectivity index (χ3n) is 8.56. The number of nitrogens with one attached hydrogen (secondary N) is 1. The predicted octanol–water partition coefficient (Wildman–Crippen LogP) is 5.68. The first-order valence-electron chi connectivity index (χ1n) is 15.8. The number of ether oxygens (including phenoxy) is 1. The lowest BCUT2D eigenvalue weighted by Gasteiger charge is -2.46. The fourth-order valence-electron chi connectivity index (χ4n) is 6.02. The first kappa shape index (κ1) is 35.5. The zero-order valence-corrected chi connectivity index (χ0v) is 28.5. The second-order valence-electron chi connectivity index (χ2n) is 14.2. The van der Waals surface area contributed by atoms with E-state index in [2.05, 4.69) is 20.4 Å². The van der Waals surface area contributed by atoms with Gasteiger partial charge in [0.1, 0.15) is 11.2 Å². The predicted molar refractivity (Wildman–Crippen MR) is 172 cm³/mol. The number of anilines is 2. The first-order chi connectivity index (χ1) is 22.2. The van der Waals surface area contributed by atoms with Gasteiger partial charge < -0.3 is 20.1 Å². The van der Waals surface area contributed by atoms with E-state index in [0.717, 1.165) is 12.8 Å². The van der Waals surface area contributed by atoms with E-state index >= 15 is 0 Å². The standard InChI is InChI=1S/C32H42F3N7O5S/c1-29(2,3)47-28(43)40-14-10-31(11-15-40)12-16-42(17-13-31)48(45,46)24-8-6-23(7-9-24)38-27-36-19-25(32(33,34)35)26(39-27)22-18-37-41(20-22)21-30(4,5)44/h6-9,18-20,44H,10-17,21H2,1-5H3,(H,36,38,39). The maximum Gasteiger partial charge on any atom is 0.419 e. The summed E-state index contributed by atoms with van der Waals surface area (Å²) in [5.41, 5.74) is -2.68. The van der Waals surface area contributed by atoms with Gasteiger partial charge in [0.05, 0.1) is 28.9 Å². The first-order valence-corrected chi connectivity index (χ1v) is 17.2. The molecule has 0 radical (unpaired) electrons. The van der Waals surface area contributed by atoms with Gasteiger partial charge in [0.25, 0.3) is 0 Å². The maximum absolute atomic E-state index is 13.8. The van der Waals surface area contributed by atoms with Crippen molar-refractivity contribution in [1.29, 1.82) is 0 Å². The quantitative estimate of drug-likeness (QED) is 0.320. The molecule has 12 nitrogen and oxygen atoms in total. The van der Waals surface area contributed by atoms with Crippen LogP contribution >= 0.6 is 0 Å². The molecule has 4 heterocycles. The van der Waals surface area contributed by atoms with Crippen LogP contribution in [0.15, 0.2) is 47.8 Å². The van der Waals surface area contributed by atoms with E-state index in [1.807, 2.05) is 20.8 Å². The number of rotatable bonds is 7. The van der Waals surface area contributed by atoms with Crippen molar-refractivity contribution in [1.82, 2.24) is 29.0 Å². The Morgan fingerprint density at radius 3 is 2.15 bits per heavy atom. The van der Waals surface area contributed by atoms with Crippen molar-refractivity contribution in [2.45, 2.75) is 89.1 Å². The second kappa shape index (κ2) is 12.9. The van der Waals surface area contributed by atoms with Gasteiger partial charge in [-0.25, -0.2) is 23.2 Å². The van der Waals surface area contributed by atoms with Crippen molar-refractivity contribution in [3.8, 4) is 11.3 Å². The Morgan fingerprint density at radius 2 is 1.58 bits per heavy atom. The monoisotopic (exact) mass is 693 g/mol. The van der Waals surface area contributed by atoms with Crippen LogP contribution in [0.5, 0.6) is 0 Å². The number of nitrogens with zero attached hydrogens (tertiary/aromatic N) is 6. The average molecular weight is 694 g/mol. The summed E-state index contributed by atoms with van der Waals surface area (Å²) in [7, 11) is -3.79. The van der Waals surface area contributed by atoms with Crippen LogP contribution in [0.1, 0.15) is 65.9 Å². The van der Waals surface area contributed by atoms with E-state index in [0.29, 0.717) is 50.9 Å².